The Balaban J connectivity index is 4.30. The van der Waals surface area contributed by atoms with Crippen molar-refractivity contribution in [2.24, 2.45) is 0 Å². The lowest BCUT2D eigenvalue weighted by Crippen LogP contribution is -2.44. The fourth-order valence-corrected chi connectivity index (χ4v) is 1.15. The number of hydrogen-bond acceptors (Lipinski definition) is 2. The predicted molar refractivity (Wildman–Crippen MR) is 49.8 cm³/mol. The van der Waals surface area contributed by atoms with Crippen molar-refractivity contribution >= 4 is 11.9 Å². The topological polar surface area (TPSA) is 66.4 Å². The van der Waals surface area contributed by atoms with E-state index in [0.717, 1.165) is 6.42 Å². The van der Waals surface area contributed by atoms with E-state index < -0.39 is 30.5 Å². The molecule has 2 N–H and O–H groups in total. The van der Waals surface area contributed by atoms with Gasteiger partial charge in [0.05, 0.1) is 6.42 Å². The molecule has 1 amide bonds. The normalized spacial score (nSPS) is 13.2. The SMILES string of the molecule is CCCC[C@H](CC(=O)O)NC(=O)C(F)(F)F. The second kappa shape index (κ2) is 6.34. The molecule has 0 aliphatic heterocycles. The number of aliphatic carboxylic acids is 1. The molecule has 0 rings (SSSR count). The molecular formula is C9H14F3NO3. The van der Waals surface area contributed by atoms with E-state index in [9.17, 15) is 22.8 Å². The quantitative estimate of drug-likeness (QED) is 0.743. The fraction of sp³-hybridized carbons (Fsp3) is 0.778. The smallest absolute Gasteiger partial charge is 0.471 e. The van der Waals surface area contributed by atoms with E-state index in [2.05, 4.69) is 0 Å². The minimum absolute atomic E-state index is 0.227. The average molecular weight is 241 g/mol. The van der Waals surface area contributed by atoms with E-state index in [1.807, 2.05) is 6.92 Å². The van der Waals surface area contributed by atoms with Crippen LogP contribution >= 0.6 is 0 Å². The van der Waals surface area contributed by atoms with Crippen molar-refractivity contribution < 1.29 is 27.9 Å². The first-order valence-corrected chi connectivity index (χ1v) is 4.86. The predicted octanol–water partition coefficient (Wildman–Crippen LogP) is 1.70. The Morgan fingerprint density at radius 1 is 1.38 bits per heavy atom. The van der Waals surface area contributed by atoms with Gasteiger partial charge in [-0.1, -0.05) is 19.8 Å². The summed E-state index contributed by atoms with van der Waals surface area (Å²) in [6.07, 6.45) is -3.95. The number of carbonyl (C=O) groups is 2. The molecule has 16 heavy (non-hydrogen) atoms. The monoisotopic (exact) mass is 241 g/mol. The zero-order valence-corrected chi connectivity index (χ0v) is 8.80. The maximum atomic E-state index is 11.9. The molecule has 4 nitrogen and oxygen atoms in total. The summed E-state index contributed by atoms with van der Waals surface area (Å²) >= 11 is 0. The van der Waals surface area contributed by atoms with Crippen molar-refractivity contribution in [2.75, 3.05) is 0 Å². The van der Waals surface area contributed by atoms with Gasteiger partial charge in [-0.25, -0.2) is 0 Å². The number of rotatable bonds is 6. The fourth-order valence-electron chi connectivity index (χ4n) is 1.15. The first-order chi connectivity index (χ1) is 7.27. The Hall–Kier alpha value is -1.27. The molecule has 0 aliphatic rings. The second-order valence-electron chi connectivity index (χ2n) is 3.41. The minimum Gasteiger partial charge on any atom is -0.481 e. The Kier molecular flexibility index (Phi) is 5.84. The van der Waals surface area contributed by atoms with Gasteiger partial charge < -0.3 is 10.4 Å². The van der Waals surface area contributed by atoms with Crippen LogP contribution < -0.4 is 5.32 Å². The first kappa shape index (κ1) is 14.7. The molecule has 0 aromatic carbocycles. The molecule has 7 heteroatoms. The largest absolute Gasteiger partial charge is 0.481 e. The van der Waals surface area contributed by atoms with Crippen molar-refractivity contribution in [3.05, 3.63) is 0 Å². The standard InChI is InChI=1S/C9H14F3NO3/c1-2-3-4-6(5-7(14)15)13-8(16)9(10,11)12/h6H,2-5H2,1H3,(H,13,16)(H,14,15)/t6-/m1/s1. The van der Waals surface area contributed by atoms with Gasteiger partial charge in [-0.3, -0.25) is 9.59 Å². The van der Waals surface area contributed by atoms with Gasteiger partial charge in [-0.2, -0.15) is 13.2 Å². The van der Waals surface area contributed by atoms with Gasteiger partial charge in [0.1, 0.15) is 0 Å². The molecule has 0 aromatic heterocycles. The van der Waals surface area contributed by atoms with Gasteiger partial charge in [-0.15, -0.1) is 0 Å². The van der Waals surface area contributed by atoms with Crippen molar-refractivity contribution in [3.63, 3.8) is 0 Å². The lowest BCUT2D eigenvalue weighted by molar-refractivity contribution is -0.174. The number of unbranched alkanes of at least 4 members (excludes halogenated alkanes) is 1. The summed E-state index contributed by atoms with van der Waals surface area (Å²) in [4.78, 5) is 21.0. The number of nitrogens with one attached hydrogen (secondary N) is 1. The zero-order chi connectivity index (χ0) is 12.8. The highest BCUT2D eigenvalue weighted by atomic mass is 19.4. The number of amides is 1. The maximum Gasteiger partial charge on any atom is 0.471 e. The molecule has 0 aliphatic carbocycles. The molecule has 0 aromatic rings. The summed E-state index contributed by atoms with van der Waals surface area (Å²) in [6.45, 7) is 1.82. The highest BCUT2D eigenvalue weighted by Crippen LogP contribution is 2.16. The summed E-state index contributed by atoms with van der Waals surface area (Å²) in [5.41, 5.74) is 0. The minimum atomic E-state index is -4.97. The number of hydrogen-bond donors (Lipinski definition) is 2. The van der Waals surface area contributed by atoms with Gasteiger partial charge in [-0.05, 0) is 6.42 Å². The number of carboxylic acid groups (broad SMARTS) is 1. The highest BCUT2D eigenvalue weighted by molar-refractivity contribution is 5.82. The lowest BCUT2D eigenvalue weighted by atomic mass is 10.1. The van der Waals surface area contributed by atoms with Gasteiger partial charge >= 0.3 is 18.1 Å². The Morgan fingerprint density at radius 3 is 2.31 bits per heavy atom. The van der Waals surface area contributed by atoms with E-state index in [1.165, 1.54) is 0 Å². The lowest BCUT2D eigenvalue weighted by Gasteiger charge is -2.17. The summed E-state index contributed by atoms with van der Waals surface area (Å²) < 4.78 is 35.7. The van der Waals surface area contributed by atoms with Crippen molar-refractivity contribution in [1.29, 1.82) is 0 Å². The van der Waals surface area contributed by atoms with Gasteiger partial charge in [0.15, 0.2) is 0 Å². The Bertz CT molecular complexity index is 253. The number of carbonyl (C=O) groups excluding carboxylic acids is 1. The summed E-state index contributed by atoms with van der Waals surface area (Å²) in [6, 6.07) is -0.966. The van der Waals surface area contributed by atoms with Crippen LogP contribution in [0.4, 0.5) is 13.2 Å². The van der Waals surface area contributed by atoms with Gasteiger partial charge in [0, 0.05) is 6.04 Å². The van der Waals surface area contributed by atoms with Crippen LogP contribution in [-0.2, 0) is 9.59 Å². The molecule has 1 atom stereocenters. The van der Waals surface area contributed by atoms with Crippen molar-refractivity contribution in [1.82, 2.24) is 5.32 Å². The first-order valence-electron chi connectivity index (χ1n) is 4.86. The third-order valence-electron chi connectivity index (χ3n) is 1.92. The maximum absolute atomic E-state index is 11.9. The molecule has 0 spiro atoms. The molecular weight excluding hydrogens is 227 g/mol. The van der Waals surface area contributed by atoms with Crippen LogP contribution in [0.5, 0.6) is 0 Å². The molecule has 0 fully saturated rings. The molecule has 0 heterocycles. The number of halogens is 3. The van der Waals surface area contributed by atoms with Crippen LogP contribution in [0.15, 0.2) is 0 Å². The van der Waals surface area contributed by atoms with Crippen LogP contribution in [0, 0.1) is 0 Å². The third kappa shape index (κ3) is 6.26. The van der Waals surface area contributed by atoms with Crippen molar-refractivity contribution in [3.8, 4) is 0 Å². The van der Waals surface area contributed by atoms with Crippen LogP contribution in [-0.4, -0.2) is 29.2 Å². The van der Waals surface area contributed by atoms with Crippen LogP contribution in [0.25, 0.3) is 0 Å². The summed E-state index contributed by atoms with van der Waals surface area (Å²) in [5, 5.41) is 10.1. The Morgan fingerprint density at radius 2 is 1.94 bits per heavy atom. The van der Waals surface area contributed by atoms with Gasteiger partial charge in [0.25, 0.3) is 0 Å². The van der Waals surface area contributed by atoms with E-state index in [-0.39, 0.29) is 6.42 Å². The van der Waals surface area contributed by atoms with Crippen molar-refractivity contribution in [2.45, 2.75) is 44.8 Å². The van der Waals surface area contributed by atoms with E-state index >= 15 is 0 Å². The van der Waals surface area contributed by atoms with Crippen LogP contribution in [0.1, 0.15) is 32.6 Å². The van der Waals surface area contributed by atoms with Crippen LogP contribution in [0.3, 0.4) is 0 Å². The summed E-state index contributed by atoms with van der Waals surface area (Å²) in [7, 11) is 0. The molecule has 94 valence electrons. The number of carboxylic acids is 1. The average Bonchev–Trinajstić information content (AvgIpc) is 2.11. The number of alkyl halides is 3. The Labute approximate surface area is 90.8 Å². The molecule has 0 saturated heterocycles. The molecule has 0 bridgehead atoms. The third-order valence-corrected chi connectivity index (χ3v) is 1.92. The zero-order valence-electron chi connectivity index (χ0n) is 8.80. The van der Waals surface area contributed by atoms with E-state index in [4.69, 9.17) is 5.11 Å². The van der Waals surface area contributed by atoms with E-state index in [1.54, 1.807) is 5.32 Å². The van der Waals surface area contributed by atoms with E-state index in [0.29, 0.717) is 6.42 Å². The van der Waals surface area contributed by atoms with Crippen LogP contribution in [0.2, 0.25) is 0 Å². The summed E-state index contributed by atoms with van der Waals surface area (Å²) in [5.74, 6) is -3.32. The molecule has 0 radical (unpaired) electrons. The second-order valence-corrected chi connectivity index (χ2v) is 3.41. The molecule has 0 unspecified atom stereocenters. The highest BCUT2D eigenvalue weighted by Gasteiger charge is 2.39. The molecule has 0 saturated carbocycles. The van der Waals surface area contributed by atoms with Gasteiger partial charge in [0.2, 0.25) is 0 Å².